The second kappa shape index (κ2) is 15.7. The van der Waals surface area contributed by atoms with Crippen LogP contribution in [0.2, 0.25) is 19.6 Å². The molecule has 0 fully saturated rings. The van der Waals surface area contributed by atoms with Gasteiger partial charge < -0.3 is 24.8 Å². The van der Waals surface area contributed by atoms with Gasteiger partial charge in [-0.05, 0) is 6.42 Å². The molecule has 0 bridgehead atoms. The summed E-state index contributed by atoms with van der Waals surface area (Å²) in [5.41, 5.74) is 11.1. The molecule has 1 aliphatic carbocycles. The van der Waals surface area contributed by atoms with E-state index >= 15 is 0 Å². The molecule has 0 amide bonds. The van der Waals surface area contributed by atoms with E-state index in [-0.39, 0.29) is 24.8 Å². The molecule has 0 N–H and O–H groups in total. The molecule has 0 radical (unpaired) electrons. The van der Waals surface area contributed by atoms with Crippen LogP contribution in [-0.4, -0.2) is 11.3 Å². The van der Waals surface area contributed by atoms with Crippen LogP contribution in [0, 0.1) is 19.9 Å². The summed E-state index contributed by atoms with van der Waals surface area (Å²) < 4.78 is 1.42. The van der Waals surface area contributed by atoms with E-state index in [0.29, 0.717) is 0 Å². The minimum Gasteiger partial charge on any atom is -0.179 e. The quantitative estimate of drug-likeness (QED) is 0.203. The van der Waals surface area contributed by atoms with Gasteiger partial charge in [-0.25, -0.2) is 6.07 Å². The molecule has 5 aromatic carbocycles. The van der Waals surface area contributed by atoms with Crippen LogP contribution in [0.5, 0.6) is 0 Å². The van der Waals surface area contributed by atoms with Crippen molar-refractivity contribution in [3.63, 3.8) is 0 Å². The second-order valence-electron chi connectivity index (χ2n) is 10.9. The zero-order chi connectivity index (χ0) is 27.1. The van der Waals surface area contributed by atoms with Gasteiger partial charge >= 0.3 is 99.2 Å². The third kappa shape index (κ3) is 8.89. The van der Waals surface area contributed by atoms with E-state index < -0.39 is 8.07 Å². The van der Waals surface area contributed by atoms with Gasteiger partial charge in [0.25, 0.3) is 0 Å². The summed E-state index contributed by atoms with van der Waals surface area (Å²) in [6, 6.07) is 43.8. The Morgan fingerprint density at radius 1 is 0.725 bits per heavy atom. The van der Waals surface area contributed by atoms with Crippen LogP contribution in [-0.2, 0) is 30.7 Å². The van der Waals surface area contributed by atoms with Gasteiger partial charge in [-0.15, -0.1) is 5.56 Å². The largest absolute Gasteiger partial charge is 0.179 e. The number of benzene rings is 4. The monoisotopic (exact) mass is 656 g/mol. The Balaban J connectivity index is 0.000000207. The van der Waals surface area contributed by atoms with Crippen molar-refractivity contribution in [2.45, 2.75) is 39.9 Å². The first-order valence-electron chi connectivity index (χ1n) is 13.3. The normalized spacial score (nSPS) is 10.8. The summed E-state index contributed by atoms with van der Waals surface area (Å²) in [4.78, 5) is 0. The zero-order valence-electron chi connectivity index (χ0n) is 23.9. The predicted octanol–water partition coefficient (Wildman–Crippen LogP) is 2.44. The number of aryl methyl sites for hydroxylation is 2. The molecule has 0 saturated heterocycles. The zero-order valence-corrected chi connectivity index (χ0v) is 28.9. The summed E-state index contributed by atoms with van der Waals surface area (Å²) in [5, 5.41) is 1.62. The van der Waals surface area contributed by atoms with Crippen molar-refractivity contribution in [3.05, 3.63) is 155 Å². The Morgan fingerprint density at radius 2 is 1.25 bits per heavy atom. The molecular weight excluding hydrogens is 623 g/mol. The van der Waals surface area contributed by atoms with E-state index in [1.165, 1.54) is 71.9 Å². The van der Waals surface area contributed by atoms with Crippen molar-refractivity contribution in [1.29, 1.82) is 0 Å². The smallest absolute Gasteiger partial charge is 0.0253 e. The van der Waals surface area contributed by atoms with Gasteiger partial charge in [0.1, 0.15) is 0 Å². The predicted molar refractivity (Wildman–Crippen MR) is 164 cm³/mol. The standard InChI is InChI=1S/C13H9.C13H10.C10H17Si.2ClH.Zr/c1-3-7-12-10(5-1)9-11-6-2-4-8-13(11)12;1-3-7-12(8-4-1)11-13-9-5-2-6-10-13;1-8-6-9(2)10(7-8)11(3,4)5;;;/h1-5,7-8H,9H2;1-10H;6-7H,1-5H3;2*1H;/q-1;;-1;;;+2/p-2. The molecule has 6 rings (SSSR count). The molecule has 0 spiro atoms. The van der Waals surface area contributed by atoms with Crippen LogP contribution in [0.3, 0.4) is 0 Å². The molecule has 0 aliphatic heterocycles. The Kier molecular flexibility index (Phi) is 13.3. The van der Waals surface area contributed by atoms with Crippen molar-refractivity contribution in [1.82, 2.24) is 0 Å². The van der Waals surface area contributed by atoms with Crippen LogP contribution in [0.1, 0.15) is 33.4 Å². The van der Waals surface area contributed by atoms with E-state index in [4.69, 9.17) is 0 Å². The van der Waals surface area contributed by atoms with Crippen LogP contribution >= 0.6 is 0 Å². The fourth-order valence-corrected chi connectivity index (χ4v) is 7.72. The van der Waals surface area contributed by atoms with Gasteiger partial charge in [0.2, 0.25) is 0 Å². The van der Waals surface area contributed by atoms with Crippen molar-refractivity contribution in [2.24, 2.45) is 0 Å². The third-order valence-electron chi connectivity index (χ3n) is 6.79. The average Bonchev–Trinajstić information content (AvgIpc) is 3.49. The molecule has 5 aromatic rings. The summed E-state index contributed by atoms with van der Waals surface area (Å²) in [7, 11) is -1.06. The fraction of sp³-hybridized carbons (Fsp3) is 0.167. The first-order valence-corrected chi connectivity index (χ1v) is 18.0. The number of halogens is 2. The maximum absolute atomic E-state index is 3.30. The van der Waals surface area contributed by atoms with E-state index in [1.54, 1.807) is 5.19 Å². The molecule has 4 heteroatoms. The van der Waals surface area contributed by atoms with E-state index in [0.717, 1.165) is 6.42 Å². The SMILES string of the molecule is Cc1cc([Si](C)(C)C)c(C)[cH-]1.[Cl-].[Cl-].[Zr+2]=[C](c1ccccc1)c1ccccc1.[c-]1cccc2c1Cc1ccccc1-2. The molecular formula is C36H36Cl2SiZr-2. The van der Waals surface area contributed by atoms with Gasteiger partial charge in [0.15, 0.2) is 0 Å². The van der Waals surface area contributed by atoms with Crippen molar-refractivity contribution < 1.29 is 49.0 Å². The Morgan fingerprint density at radius 3 is 1.75 bits per heavy atom. The molecule has 0 heterocycles. The molecule has 204 valence electrons. The van der Waals surface area contributed by atoms with Crippen molar-refractivity contribution in [2.75, 3.05) is 0 Å². The summed E-state index contributed by atoms with van der Waals surface area (Å²) in [6.07, 6.45) is 1.05. The summed E-state index contributed by atoms with van der Waals surface area (Å²) in [6.45, 7) is 11.6. The first-order chi connectivity index (χ1) is 18.2. The third-order valence-corrected chi connectivity index (χ3v) is 10.4. The van der Waals surface area contributed by atoms with Crippen molar-refractivity contribution in [3.8, 4) is 11.1 Å². The van der Waals surface area contributed by atoms with Crippen LogP contribution in [0.15, 0.2) is 115 Å². The van der Waals surface area contributed by atoms with E-state index in [2.05, 4.69) is 149 Å². The number of hydrogen-bond donors (Lipinski definition) is 0. The Labute approximate surface area is 269 Å². The van der Waals surface area contributed by atoms with Crippen LogP contribution < -0.4 is 30.0 Å². The van der Waals surface area contributed by atoms with E-state index in [9.17, 15) is 0 Å². The van der Waals surface area contributed by atoms with E-state index in [1.807, 2.05) is 6.07 Å². The number of rotatable bonds is 3. The van der Waals surface area contributed by atoms with Crippen LogP contribution in [0.4, 0.5) is 0 Å². The minimum absolute atomic E-state index is 0. The Bertz CT molecular complexity index is 1410. The molecule has 0 aromatic heterocycles. The molecule has 0 nitrogen and oxygen atoms in total. The van der Waals surface area contributed by atoms with Gasteiger partial charge in [-0.3, -0.25) is 0 Å². The van der Waals surface area contributed by atoms with Gasteiger partial charge in [0, 0.05) is 8.07 Å². The van der Waals surface area contributed by atoms with Gasteiger partial charge in [-0.2, -0.15) is 52.2 Å². The maximum Gasteiger partial charge on any atom is -0.0253 e. The van der Waals surface area contributed by atoms with Gasteiger partial charge in [0.05, 0.1) is 0 Å². The fourth-order valence-electron chi connectivity index (χ4n) is 4.98. The molecule has 0 atom stereocenters. The van der Waals surface area contributed by atoms with Gasteiger partial charge in [-0.1, -0.05) is 68.9 Å². The maximum atomic E-state index is 3.30. The average molecular weight is 659 g/mol. The summed E-state index contributed by atoms with van der Waals surface area (Å²) in [5.74, 6) is 0. The molecule has 0 saturated carbocycles. The van der Waals surface area contributed by atoms with Crippen LogP contribution in [0.25, 0.3) is 11.1 Å². The molecule has 1 aliphatic rings. The second-order valence-corrected chi connectivity index (χ2v) is 17.2. The Hall–Kier alpha value is -2.22. The topological polar surface area (TPSA) is 0 Å². The number of fused-ring (bicyclic) bond motifs is 3. The molecule has 40 heavy (non-hydrogen) atoms. The summed E-state index contributed by atoms with van der Waals surface area (Å²) >= 11 is 1.46. The minimum atomic E-state index is -1.06. The van der Waals surface area contributed by atoms with Crippen molar-refractivity contribution >= 4 is 16.5 Å². The first kappa shape index (κ1) is 34.0. The molecule has 0 unspecified atom stereocenters. The number of hydrogen-bond acceptors (Lipinski definition) is 0.